The SMILES string of the molecule is O=C1C2=C(C(=O)C3=C1[C@H]1c4ccccc4[C@@H]3c3cc4nc5cc6c(cc5nc4cc31)C1c3ccccc3C6c3ccccc31)[C@H]1c3ccccc3[C@@H]2c2cc3nc4cc5c(cc4nc3cc21)C1c2ccccc2C5c2ccccc21. The third kappa shape index (κ3) is 4.70. The van der Waals surface area contributed by atoms with E-state index >= 15 is 9.59 Å². The number of rotatable bonds is 0. The summed E-state index contributed by atoms with van der Waals surface area (Å²) in [6.07, 6.45) is 0. The number of hydrogen-bond donors (Lipinski definition) is 0. The van der Waals surface area contributed by atoms with Crippen molar-refractivity contribution in [2.75, 3.05) is 0 Å². The van der Waals surface area contributed by atoms with E-state index in [1.165, 1.54) is 66.8 Å². The van der Waals surface area contributed by atoms with Gasteiger partial charge in [0.1, 0.15) is 0 Å². The Balaban J connectivity index is 0.723. The largest absolute Gasteiger partial charge is 0.289 e. The van der Waals surface area contributed by atoms with Gasteiger partial charge >= 0.3 is 0 Å². The number of ketones is 2. The molecule has 6 nitrogen and oxygen atoms in total. The second-order valence-corrected chi connectivity index (χ2v) is 23.9. The number of carbonyl (C=O) groups is 2. The summed E-state index contributed by atoms with van der Waals surface area (Å²) in [5.41, 5.74) is 33.8. The van der Waals surface area contributed by atoms with Gasteiger partial charge in [0.05, 0.1) is 44.1 Å². The van der Waals surface area contributed by atoms with Gasteiger partial charge in [0.25, 0.3) is 0 Å². The Morgan fingerprint density at radius 3 is 0.487 bits per heavy atom. The molecule has 0 aliphatic heterocycles. The van der Waals surface area contributed by atoms with E-state index in [0.717, 1.165) is 88.6 Å². The molecule has 13 aliphatic carbocycles. The summed E-state index contributed by atoms with van der Waals surface area (Å²) in [6.45, 7) is 0. The summed E-state index contributed by atoms with van der Waals surface area (Å²) in [6, 6.07) is 70.5. The highest BCUT2D eigenvalue weighted by molar-refractivity contribution is 6.30. The van der Waals surface area contributed by atoms with Gasteiger partial charge in [-0.05, 0) is 160 Å². The Morgan fingerprint density at radius 2 is 0.325 bits per heavy atom. The summed E-state index contributed by atoms with van der Waals surface area (Å²) in [4.78, 5) is 54.3. The number of allylic oxidation sites excluding steroid dienone is 4. The van der Waals surface area contributed by atoms with Crippen molar-refractivity contribution in [3.63, 3.8) is 0 Å². The Hall–Kier alpha value is -9.78. The number of aromatic nitrogens is 4. The van der Waals surface area contributed by atoms with Gasteiger partial charge in [-0.1, -0.05) is 146 Å². The lowest BCUT2D eigenvalue weighted by Gasteiger charge is -2.49. The third-order valence-electron chi connectivity index (χ3n) is 20.6. The van der Waals surface area contributed by atoms with Crippen molar-refractivity contribution in [3.05, 3.63) is 328 Å². The van der Waals surface area contributed by atoms with Crippen LogP contribution in [0.2, 0.25) is 0 Å². The van der Waals surface area contributed by atoms with E-state index in [4.69, 9.17) is 19.9 Å². The third-order valence-corrected chi connectivity index (χ3v) is 20.6. The first-order valence-corrected chi connectivity index (χ1v) is 28.2. The highest BCUT2D eigenvalue weighted by Gasteiger charge is 2.57. The fourth-order valence-electron chi connectivity index (χ4n) is 17.7. The monoisotopic (exact) mass is 1020 g/mol. The first-order valence-electron chi connectivity index (χ1n) is 28.2. The second kappa shape index (κ2) is 13.9. The second-order valence-electron chi connectivity index (χ2n) is 23.9. The predicted molar refractivity (Wildman–Crippen MR) is 308 cm³/mol. The Bertz CT molecular complexity index is 4470. The van der Waals surface area contributed by atoms with Crippen LogP contribution in [0, 0.1) is 0 Å². The van der Waals surface area contributed by atoms with Gasteiger partial charge in [-0.25, -0.2) is 19.9 Å². The van der Waals surface area contributed by atoms with Gasteiger partial charge in [-0.3, -0.25) is 9.59 Å². The molecule has 25 rings (SSSR count). The van der Waals surface area contributed by atoms with Crippen LogP contribution in [0.4, 0.5) is 0 Å². The molecule has 0 spiro atoms. The molecule has 2 heterocycles. The first-order chi connectivity index (χ1) is 39.5. The molecular weight excluding hydrogens is 977 g/mol. The normalized spacial score (nSPS) is 23.4. The minimum atomic E-state index is -0.440. The molecule has 10 aromatic carbocycles. The first kappa shape index (κ1) is 41.3. The zero-order valence-corrected chi connectivity index (χ0v) is 42.7. The van der Waals surface area contributed by atoms with Crippen molar-refractivity contribution in [2.24, 2.45) is 0 Å². The molecule has 0 fully saturated rings. The van der Waals surface area contributed by atoms with Crippen LogP contribution in [0.25, 0.3) is 44.1 Å². The predicted octanol–water partition coefficient (Wildman–Crippen LogP) is 14.5. The summed E-state index contributed by atoms with van der Waals surface area (Å²) in [5, 5.41) is 0. The summed E-state index contributed by atoms with van der Waals surface area (Å²) in [5.74, 6) is -1.29. The van der Waals surface area contributed by atoms with E-state index in [2.05, 4.69) is 194 Å². The number of benzene rings is 10. The van der Waals surface area contributed by atoms with Crippen molar-refractivity contribution in [1.82, 2.24) is 19.9 Å². The number of carbonyl (C=O) groups excluding carboxylic acids is 2. The number of Topliss-reactive ketones (excluding diaryl/α,β-unsaturated/α-hetero) is 2. The molecular formula is C74H40N4O2. The van der Waals surface area contributed by atoms with Crippen LogP contribution < -0.4 is 0 Å². The Labute approximate surface area is 457 Å². The van der Waals surface area contributed by atoms with Gasteiger partial charge < -0.3 is 0 Å². The van der Waals surface area contributed by atoms with Crippen molar-refractivity contribution in [2.45, 2.75) is 47.3 Å². The molecule has 6 heteroatoms. The zero-order valence-electron chi connectivity index (χ0n) is 42.7. The number of hydrogen-bond acceptors (Lipinski definition) is 6. The summed E-state index contributed by atoms with van der Waals surface area (Å²) >= 11 is 0. The maximum Gasteiger partial charge on any atom is 0.187 e. The summed E-state index contributed by atoms with van der Waals surface area (Å²) < 4.78 is 0. The van der Waals surface area contributed by atoms with E-state index in [-0.39, 0.29) is 35.2 Å². The molecule has 8 bridgehead atoms. The highest BCUT2D eigenvalue weighted by Crippen LogP contribution is 2.65. The lowest BCUT2D eigenvalue weighted by Crippen LogP contribution is -2.43. The van der Waals surface area contributed by atoms with E-state index in [1.807, 2.05) is 0 Å². The molecule has 368 valence electrons. The summed E-state index contributed by atoms with van der Waals surface area (Å²) in [7, 11) is 0. The lowest BCUT2D eigenvalue weighted by molar-refractivity contribution is -0.117. The standard InChI is InChI=1S/C74H40N4O2/c79-73-69-65-41-21-9-10-22-42(41)66(50-30-58-57(29-49(50)65)75-53-25-45-46(26-54(53)76-58)62-34-14-2-1-13-33(34)61(45)35-15-3-4-16-36(35)62)70(69)74(80)72-68-44-24-12-11-23-43(44)67(71(72)73)51-31-59-60(32-52(51)68)78-56-28-48-47(27-55(56)77-59)63-37-17-5-7-19-39(37)64(48)40-20-8-6-18-38(40)63/h1-32,61-68H/t61?,62?,63?,64?,65-,66+,67+,68-. The molecule has 0 saturated heterocycles. The molecule has 0 radical (unpaired) electrons. The molecule has 0 amide bonds. The van der Waals surface area contributed by atoms with Crippen LogP contribution >= 0.6 is 0 Å². The van der Waals surface area contributed by atoms with E-state index in [0.29, 0.717) is 22.3 Å². The van der Waals surface area contributed by atoms with Crippen molar-refractivity contribution >= 4 is 55.7 Å². The molecule has 4 atom stereocenters. The van der Waals surface area contributed by atoms with Crippen LogP contribution in [0.1, 0.15) is 159 Å². The maximum absolute atomic E-state index is 16.3. The van der Waals surface area contributed by atoms with Gasteiger partial charge in [-0.2, -0.15) is 0 Å². The average molecular weight is 1020 g/mol. The molecule has 12 aromatic rings. The van der Waals surface area contributed by atoms with E-state index in [9.17, 15) is 0 Å². The van der Waals surface area contributed by atoms with Crippen molar-refractivity contribution in [1.29, 1.82) is 0 Å². The van der Waals surface area contributed by atoms with Gasteiger partial charge in [0.2, 0.25) is 0 Å². The van der Waals surface area contributed by atoms with Crippen LogP contribution in [-0.4, -0.2) is 31.5 Å². The fourth-order valence-corrected chi connectivity index (χ4v) is 17.7. The van der Waals surface area contributed by atoms with Crippen LogP contribution in [-0.2, 0) is 9.59 Å². The minimum absolute atomic E-state index is 0.0150. The highest BCUT2D eigenvalue weighted by atomic mass is 16.1. The molecule has 0 N–H and O–H groups in total. The van der Waals surface area contributed by atoms with Gasteiger partial charge in [-0.15, -0.1) is 0 Å². The lowest BCUT2D eigenvalue weighted by atomic mass is 9.51. The van der Waals surface area contributed by atoms with Crippen LogP contribution in [0.3, 0.4) is 0 Å². The molecule has 0 saturated carbocycles. The zero-order chi connectivity index (χ0) is 51.7. The fraction of sp³-hybridized carbons (Fsp3) is 0.108. The number of fused-ring (bicyclic) bond motifs is 4. The quantitative estimate of drug-likeness (QED) is 0.111. The van der Waals surface area contributed by atoms with Crippen LogP contribution in [0.15, 0.2) is 216 Å². The van der Waals surface area contributed by atoms with Crippen molar-refractivity contribution < 1.29 is 9.59 Å². The molecule has 2 aromatic heterocycles. The van der Waals surface area contributed by atoms with Crippen molar-refractivity contribution in [3.8, 4) is 0 Å². The van der Waals surface area contributed by atoms with E-state index in [1.54, 1.807) is 0 Å². The van der Waals surface area contributed by atoms with Gasteiger partial charge in [0, 0.05) is 69.6 Å². The number of nitrogens with zero attached hydrogens (tertiary/aromatic N) is 4. The topological polar surface area (TPSA) is 85.7 Å². The molecule has 13 aliphatic rings. The van der Waals surface area contributed by atoms with Gasteiger partial charge in [0.15, 0.2) is 11.6 Å². The average Bonchev–Trinajstić information content (AvgIpc) is 2.24. The molecule has 0 unspecified atom stereocenters. The maximum atomic E-state index is 16.3. The van der Waals surface area contributed by atoms with Crippen LogP contribution in [0.5, 0.6) is 0 Å². The Morgan fingerprint density at radius 1 is 0.188 bits per heavy atom. The van der Waals surface area contributed by atoms with E-state index < -0.39 is 23.7 Å². The minimum Gasteiger partial charge on any atom is -0.289 e. The Kier molecular flexibility index (Phi) is 7.18. The molecule has 80 heavy (non-hydrogen) atoms. The smallest absolute Gasteiger partial charge is 0.187 e.